The standard InChI is InChI=1S/C17H14O4/c1-21-11-6-7-13-14(9-11)16(18)12-5-3-2-4-10(12)8-15(13)17(19)20/h2-7,9,15H,8H2,1H3,(H,19,20). The quantitative estimate of drug-likeness (QED) is 0.919. The van der Waals surface area contributed by atoms with Crippen molar-refractivity contribution < 1.29 is 19.4 Å². The number of aliphatic carboxylic acids is 1. The number of carboxylic acid groups (broad SMARTS) is 1. The smallest absolute Gasteiger partial charge is 0.311 e. The maximum atomic E-state index is 12.7. The van der Waals surface area contributed by atoms with Gasteiger partial charge in [-0.25, -0.2) is 0 Å². The number of carbonyl (C=O) groups is 2. The molecule has 0 spiro atoms. The normalized spacial score (nSPS) is 16.6. The first kappa shape index (κ1) is 13.4. The number of methoxy groups -OCH3 is 1. The monoisotopic (exact) mass is 282 g/mol. The molecule has 0 amide bonds. The molecule has 1 aliphatic rings. The van der Waals surface area contributed by atoms with Crippen LogP contribution in [0.1, 0.15) is 33.0 Å². The zero-order valence-electron chi connectivity index (χ0n) is 11.5. The summed E-state index contributed by atoms with van der Waals surface area (Å²) in [5.74, 6) is -1.25. The third-order valence-electron chi connectivity index (χ3n) is 3.86. The summed E-state index contributed by atoms with van der Waals surface area (Å²) in [5.41, 5.74) is 2.29. The van der Waals surface area contributed by atoms with E-state index < -0.39 is 11.9 Å². The van der Waals surface area contributed by atoms with E-state index in [0.717, 1.165) is 5.56 Å². The van der Waals surface area contributed by atoms with Crippen LogP contribution in [0.2, 0.25) is 0 Å². The maximum absolute atomic E-state index is 12.7. The molecule has 0 fully saturated rings. The van der Waals surface area contributed by atoms with Gasteiger partial charge in [-0.15, -0.1) is 0 Å². The molecule has 106 valence electrons. The number of ether oxygens (including phenoxy) is 1. The van der Waals surface area contributed by atoms with Gasteiger partial charge in [-0.2, -0.15) is 0 Å². The van der Waals surface area contributed by atoms with E-state index in [1.165, 1.54) is 7.11 Å². The fourth-order valence-corrected chi connectivity index (χ4v) is 2.78. The fraction of sp³-hybridized carbons (Fsp3) is 0.176. The number of ketones is 1. The van der Waals surface area contributed by atoms with E-state index in [2.05, 4.69) is 0 Å². The van der Waals surface area contributed by atoms with Crippen molar-refractivity contribution in [1.82, 2.24) is 0 Å². The summed E-state index contributed by atoms with van der Waals surface area (Å²) in [6.45, 7) is 0. The summed E-state index contributed by atoms with van der Waals surface area (Å²) in [6, 6.07) is 12.2. The summed E-state index contributed by atoms with van der Waals surface area (Å²) < 4.78 is 5.15. The summed E-state index contributed by atoms with van der Waals surface area (Å²) in [7, 11) is 1.52. The molecule has 4 nitrogen and oxygen atoms in total. The third-order valence-corrected chi connectivity index (χ3v) is 3.86. The Hall–Kier alpha value is -2.62. The predicted molar refractivity (Wildman–Crippen MR) is 76.9 cm³/mol. The van der Waals surface area contributed by atoms with E-state index in [9.17, 15) is 14.7 Å². The molecule has 4 heteroatoms. The average molecular weight is 282 g/mol. The second kappa shape index (κ2) is 5.05. The number of carbonyl (C=O) groups excluding carboxylic acids is 1. The highest BCUT2D eigenvalue weighted by Crippen LogP contribution is 2.34. The van der Waals surface area contributed by atoms with E-state index in [0.29, 0.717) is 28.9 Å². The number of carboxylic acids is 1. The first-order valence-corrected chi connectivity index (χ1v) is 6.65. The molecule has 1 atom stereocenters. The van der Waals surface area contributed by atoms with Crippen molar-refractivity contribution in [3.05, 3.63) is 64.7 Å². The van der Waals surface area contributed by atoms with Gasteiger partial charge in [0.1, 0.15) is 5.75 Å². The van der Waals surface area contributed by atoms with Crippen molar-refractivity contribution >= 4 is 11.8 Å². The summed E-state index contributed by atoms with van der Waals surface area (Å²) >= 11 is 0. The highest BCUT2D eigenvalue weighted by atomic mass is 16.5. The van der Waals surface area contributed by atoms with Gasteiger partial charge in [0.2, 0.25) is 0 Å². The lowest BCUT2D eigenvalue weighted by Gasteiger charge is -2.13. The van der Waals surface area contributed by atoms with Crippen LogP contribution < -0.4 is 4.74 Å². The molecule has 0 bridgehead atoms. The van der Waals surface area contributed by atoms with Crippen molar-refractivity contribution in [3.8, 4) is 5.75 Å². The van der Waals surface area contributed by atoms with Crippen LogP contribution in [0.5, 0.6) is 5.75 Å². The van der Waals surface area contributed by atoms with Crippen LogP contribution in [0, 0.1) is 0 Å². The van der Waals surface area contributed by atoms with Gasteiger partial charge < -0.3 is 9.84 Å². The van der Waals surface area contributed by atoms with Gasteiger partial charge in [-0.3, -0.25) is 9.59 Å². The molecule has 0 radical (unpaired) electrons. The molecule has 1 unspecified atom stereocenters. The molecule has 0 heterocycles. The molecular weight excluding hydrogens is 268 g/mol. The summed E-state index contributed by atoms with van der Waals surface area (Å²) in [4.78, 5) is 24.3. The number of fused-ring (bicyclic) bond motifs is 2. The predicted octanol–water partition coefficient (Wildman–Crippen LogP) is 2.65. The topological polar surface area (TPSA) is 63.6 Å². The average Bonchev–Trinajstić information content (AvgIpc) is 2.63. The molecule has 1 N–H and O–H groups in total. The minimum Gasteiger partial charge on any atom is -0.497 e. The van der Waals surface area contributed by atoms with Gasteiger partial charge in [-0.1, -0.05) is 30.3 Å². The molecule has 1 aliphatic carbocycles. The van der Waals surface area contributed by atoms with Crippen LogP contribution in [-0.4, -0.2) is 24.0 Å². The molecule has 3 rings (SSSR count). The van der Waals surface area contributed by atoms with E-state index in [1.807, 2.05) is 12.1 Å². The first-order valence-electron chi connectivity index (χ1n) is 6.65. The maximum Gasteiger partial charge on any atom is 0.311 e. The zero-order chi connectivity index (χ0) is 15.0. The largest absolute Gasteiger partial charge is 0.497 e. The minimum absolute atomic E-state index is 0.150. The van der Waals surface area contributed by atoms with Crippen molar-refractivity contribution in [3.63, 3.8) is 0 Å². The zero-order valence-corrected chi connectivity index (χ0v) is 11.5. The van der Waals surface area contributed by atoms with E-state index in [1.54, 1.807) is 30.3 Å². The second-order valence-electron chi connectivity index (χ2n) is 5.03. The van der Waals surface area contributed by atoms with Crippen molar-refractivity contribution in [2.24, 2.45) is 0 Å². The van der Waals surface area contributed by atoms with E-state index in [-0.39, 0.29) is 5.78 Å². The van der Waals surface area contributed by atoms with Gasteiger partial charge in [0.15, 0.2) is 5.78 Å². The Morgan fingerprint density at radius 1 is 1.19 bits per heavy atom. The first-order chi connectivity index (χ1) is 10.1. The Labute approximate surface area is 122 Å². The van der Waals surface area contributed by atoms with Crippen LogP contribution in [-0.2, 0) is 11.2 Å². The van der Waals surface area contributed by atoms with Gasteiger partial charge >= 0.3 is 5.97 Å². The second-order valence-corrected chi connectivity index (χ2v) is 5.03. The summed E-state index contributed by atoms with van der Waals surface area (Å²) in [5, 5.41) is 9.51. The molecule has 2 aromatic rings. The van der Waals surface area contributed by atoms with E-state index in [4.69, 9.17) is 4.74 Å². The van der Waals surface area contributed by atoms with Crippen LogP contribution in [0.15, 0.2) is 42.5 Å². The molecular formula is C17H14O4. The molecule has 0 aromatic heterocycles. The Bertz CT molecular complexity index is 733. The van der Waals surface area contributed by atoms with Gasteiger partial charge in [0.25, 0.3) is 0 Å². The van der Waals surface area contributed by atoms with Gasteiger partial charge in [-0.05, 0) is 29.7 Å². The fourth-order valence-electron chi connectivity index (χ4n) is 2.78. The minimum atomic E-state index is -0.925. The van der Waals surface area contributed by atoms with Crippen LogP contribution in [0.3, 0.4) is 0 Å². The SMILES string of the molecule is COc1ccc2c(c1)C(=O)c1ccccc1CC2C(=O)O. The lowest BCUT2D eigenvalue weighted by Crippen LogP contribution is -2.15. The molecule has 21 heavy (non-hydrogen) atoms. The lowest BCUT2D eigenvalue weighted by molar-refractivity contribution is -0.138. The van der Waals surface area contributed by atoms with Crippen molar-refractivity contribution in [2.45, 2.75) is 12.3 Å². The van der Waals surface area contributed by atoms with Crippen molar-refractivity contribution in [2.75, 3.05) is 7.11 Å². The van der Waals surface area contributed by atoms with Crippen LogP contribution in [0.25, 0.3) is 0 Å². The Balaban J connectivity index is 2.26. The van der Waals surface area contributed by atoms with Crippen molar-refractivity contribution in [1.29, 1.82) is 0 Å². The van der Waals surface area contributed by atoms with Crippen LogP contribution in [0.4, 0.5) is 0 Å². The Morgan fingerprint density at radius 3 is 2.67 bits per heavy atom. The lowest BCUT2D eigenvalue weighted by atomic mass is 9.91. The Morgan fingerprint density at radius 2 is 1.95 bits per heavy atom. The molecule has 0 aliphatic heterocycles. The van der Waals surface area contributed by atoms with E-state index >= 15 is 0 Å². The third kappa shape index (κ3) is 2.18. The number of benzene rings is 2. The molecule has 0 saturated carbocycles. The summed E-state index contributed by atoms with van der Waals surface area (Å²) in [6.07, 6.45) is 0.316. The number of hydrogen-bond donors (Lipinski definition) is 1. The number of hydrogen-bond acceptors (Lipinski definition) is 3. The highest BCUT2D eigenvalue weighted by Gasteiger charge is 2.31. The van der Waals surface area contributed by atoms with Gasteiger partial charge in [0.05, 0.1) is 13.0 Å². The number of rotatable bonds is 2. The van der Waals surface area contributed by atoms with Gasteiger partial charge in [0, 0.05) is 11.1 Å². The molecule has 2 aromatic carbocycles. The highest BCUT2D eigenvalue weighted by molar-refractivity contribution is 6.12. The van der Waals surface area contributed by atoms with Crippen LogP contribution >= 0.6 is 0 Å². The molecule has 0 saturated heterocycles. The Kier molecular flexibility index (Phi) is 3.22.